The van der Waals surface area contributed by atoms with Crippen molar-refractivity contribution >= 4 is 24.2 Å². The normalized spacial score (nSPS) is 18.9. The highest BCUT2D eigenvalue weighted by Crippen LogP contribution is 2.33. The summed E-state index contributed by atoms with van der Waals surface area (Å²) in [6.45, 7) is 8.00. The quantitative estimate of drug-likeness (QED) is 0.834. The van der Waals surface area contributed by atoms with E-state index >= 15 is 0 Å². The van der Waals surface area contributed by atoms with Crippen LogP contribution in [0, 0.1) is 0 Å². The van der Waals surface area contributed by atoms with E-state index in [1.807, 2.05) is 32.9 Å². The minimum atomic E-state index is -0.900. The van der Waals surface area contributed by atoms with Gasteiger partial charge in [0, 0.05) is 10.6 Å². The zero-order valence-corrected chi connectivity index (χ0v) is 12.2. The fraction of sp³-hybridized carbons (Fsp3) is 0.571. The molecule has 0 spiro atoms. The molecule has 0 amide bonds. The zero-order valence-electron chi connectivity index (χ0n) is 11.5. The summed E-state index contributed by atoms with van der Waals surface area (Å²) in [6.07, 6.45) is 2.11. The van der Waals surface area contributed by atoms with Crippen LogP contribution >= 0.6 is 11.6 Å². The lowest BCUT2D eigenvalue weighted by atomic mass is 9.74. The van der Waals surface area contributed by atoms with Crippen molar-refractivity contribution in [2.75, 3.05) is 0 Å². The molecule has 0 heterocycles. The fourth-order valence-electron chi connectivity index (χ4n) is 2.54. The summed E-state index contributed by atoms with van der Waals surface area (Å²) in [6, 6.07) is 3.84. The highest BCUT2D eigenvalue weighted by atomic mass is 35.5. The van der Waals surface area contributed by atoms with Crippen molar-refractivity contribution in [3.8, 4) is 0 Å². The Labute approximate surface area is 114 Å². The Morgan fingerprint density at radius 3 is 2.67 bits per heavy atom. The SMILES string of the molecule is C[C@@H]1CCc2c(B(O)OC(C)(C)C)cc(Cl)cc21. The molecular formula is C14H20BClO2. The first-order valence-corrected chi connectivity index (χ1v) is 6.84. The second-order valence-corrected chi connectivity index (χ2v) is 6.52. The van der Waals surface area contributed by atoms with Crippen molar-refractivity contribution in [1.82, 2.24) is 0 Å². The average Bonchev–Trinajstić information content (AvgIpc) is 2.57. The maximum absolute atomic E-state index is 10.3. The molecule has 0 saturated carbocycles. The first-order chi connectivity index (χ1) is 8.28. The summed E-state index contributed by atoms with van der Waals surface area (Å²) >= 11 is 6.14. The predicted molar refractivity (Wildman–Crippen MR) is 76.6 cm³/mol. The van der Waals surface area contributed by atoms with Crippen LogP contribution < -0.4 is 5.46 Å². The maximum atomic E-state index is 10.3. The van der Waals surface area contributed by atoms with Gasteiger partial charge >= 0.3 is 7.12 Å². The van der Waals surface area contributed by atoms with Gasteiger partial charge in [-0.25, -0.2) is 0 Å². The number of hydrogen-bond acceptors (Lipinski definition) is 2. The van der Waals surface area contributed by atoms with E-state index in [0.717, 1.165) is 18.3 Å². The van der Waals surface area contributed by atoms with Gasteiger partial charge in [0.25, 0.3) is 0 Å². The lowest BCUT2D eigenvalue weighted by Gasteiger charge is -2.23. The van der Waals surface area contributed by atoms with Gasteiger partial charge in [0.05, 0.1) is 0 Å². The molecule has 1 aliphatic carbocycles. The Hall–Kier alpha value is -0.505. The van der Waals surface area contributed by atoms with Crippen molar-refractivity contribution in [2.45, 2.75) is 52.1 Å². The molecule has 1 atom stereocenters. The summed E-state index contributed by atoms with van der Waals surface area (Å²) in [5, 5.41) is 10.9. The smallest absolute Gasteiger partial charge is 0.423 e. The van der Waals surface area contributed by atoms with Crippen LogP contribution in [0.4, 0.5) is 0 Å². The van der Waals surface area contributed by atoms with Gasteiger partial charge < -0.3 is 9.68 Å². The number of fused-ring (bicyclic) bond motifs is 1. The summed E-state index contributed by atoms with van der Waals surface area (Å²) in [7, 11) is -0.900. The van der Waals surface area contributed by atoms with Gasteiger partial charge in [-0.15, -0.1) is 0 Å². The highest BCUT2D eigenvalue weighted by Gasteiger charge is 2.31. The van der Waals surface area contributed by atoms with Crippen LogP contribution in [0.1, 0.15) is 51.2 Å². The van der Waals surface area contributed by atoms with Gasteiger partial charge in [0.2, 0.25) is 0 Å². The van der Waals surface area contributed by atoms with Gasteiger partial charge in [-0.05, 0) is 68.3 Å². The lowest BCUT2D eigenvalue weighted by Crippen LogP contribution is -2.42. The Bertz CT molecular complexity index is 454. The third-order valence-corrected chi connectivity index (χ3v) is 3.59. The Balaban J connectivity index is 2.37. The minimum absolute atomic E-state index is 0.376. The molecule has 2 nitrogen and oxygen atoms in total. The van der Waals surface area contributed by atoms with E-state index in [1.165, 1.54) is 11.1 Å². The molecule has 0 bridgehead atoms. The maximum Gasteiger partial charge on any atom is 0.491 e. The van der Waals surface area contributed by atoms with Crippen molar-refractivity contribution in [2.24, 2.45) is 0 Å². The van der Waals surface area contributed by atoms with Crippen molar-refractivity contribution in [3.05, 3.63) is 28.3 Å². The average molecular weight is 267 g/mol. The largest absolute Gasteiger partial charge is 0.491 e. The molecule has 0 unspecified atom stereocenters. The molecule has 0 fully saturated rings. The summed E-state index contributed by atoms with van der Waals surface area (Å²) < 4.78 is 5.64. The van der Waals surface area contributed by atoms with Crippen molar-refractivity contribution in [1.29, 1.82) is 0 Å². The zero-order chi connectivity index (χ0) is 13.5. The standard InChI is InChI=1S/C14H20BClO2/c1-9-5-6-11-12(9)7-10(16)8-13(11)15(17)18-14(2,3)4/h7-9,17H,5-6H2,1-4H3/t9-/m1/s1. The molecule has 1 N–H and O–H groups in total. The second-order valence-electron chi connectivity index (χ2n) is 6.09. The third kappa shape index (κ3) is 2.90. The van der Waals surface area contributed by atoms with E-state index in [4.69, 9.17) is 16.3 Å². The van der Waals surface area contributed by atoms with Gasteiger partial charge in [0.1, 0.15) is 0 Å². The topological polar surface area (TPSA) is 29.5 Å². The lowest BCUT2D eigenvalue weighted by molar-refractivity contribution is 0.107. The van der Waals surface area contributed by atoms with Gasteiger partial charge in [-0.2, -0.15) is 0 Å². The molecule has 1 aliphatic rings. The first-order valence-electron chi connectivity index (χ1n) is 6.46. The summed E-state index contributed by atoms with van der Waals surface area (Å²) in [4.78, 5) is 0. The monoisotopic (exact) mass is 266 g/mol. The summed E-state index contributed by atoms with van der Waals surface area (Å²) in [5.74, 6) is 0.513. The highest BCUT2D eigenvalue weighted by molar-refractivity contribution is 6.61. The predicted octanol–water partition coefficient (Wildman–Crippen LogP) is 2.89. The van der Waals surface area contributed by atoms with Crippen LogP contribution in [0.2, 0.25) is 5.02 Å². The molecule has 0 aliphatic heterocycles. The molecule has 18 heavy (non-hydrogen) atoms. The number of hydrogen-bond donors (Lipinski definition) is 1. The second kappa shape index (κ2) is 4.88. The van der Waals surface area contributed by atoms with Crippen LogP contribution in [0.25, 0.3) is 0 Å². The molecule has 2 rings (SSSR count). The van der Waals surface area contributed by atoms with Crippen LogP contribution in [-0.2, 0) is 11.1 Å². The van der Waals surface area contributed by atoms with E-state index in [-0.39, 0.29) is 5.60 Å². The molecule has 0 saturated heterocycles. The molecule has 1 aromatic carbocycles. The van der Waals surface area contributed by atoms with E-state index in [1.54, 1.807) is 0 Å². The van der Waals surface area contributed by atoms with Crippen LogP contribution in [0.5, 0.6) is 0 Å². The van der Waals surface area contributed by atoms with E-state index in [2.05, 4.69) is 6.92 Å². The van der Waals surface area contributed by atoms with E-state index in [9.17, 15) is 5.02 Å². The molecule has 98 valence electrons. The molecule has 0 aromatic heterocycles. The Morgan fingerprint density at radius 2 is 2.06 bits per heavy atom. The minimum Gasteiger partial charge on any atom is -0.423 e. The van der Waals surface area contributed by atoms with Crippen LogP contribution in [0.15, 0.2) is 12.1 Å². The van der Waals surface area contributed by atoms with E-state index < -0.39 is 7.12 Å². The third-order valence-electron chi connectivity index (χ3n) is 3.37. The Kier molecular flexibility index (Phi) is 3.77. The molecule has 4 heteroatoms. The Morgan fingerprint density at radius 1 is 1.39 bits per heavy atom. The number of benzene rings is 1. The first kappa shape index (κ1) is 13.9. The van der Waals surface area contributed by atoms with Gasteiger partial charge in [0.15, 0.2) is 0 Å². The van der Waals surface area contributed by atoms with Crippen molar-refractivity contribution < 1.29 is 9.68 Å². The van der Waals surface area contributed by atoms with Gasteiger partial charge in [-0.3, -0.25) is 0 Å². The van der Waals surface area contributed by atoms with E-state index in [0.29, 0.717) is 10.9 Å². The summed E-state index contributed by atoms with van der Waals surface area (Å²) in [5.41, 5.74) is 2.92. The van der Waals surface area contributed by atoms with Crippen molar-refractivity contribution in [3.63, 3.8) is 0 Å². The fourth-order valence-corrected chi connectivity index (χ4v) is 2.78. The molecular weight excluding hydrogens is 246 g/mol. The number of halogens is 1. The van der Waals surface area contributed by atoms with Gasteiger partial charge in [-0.1, -0.05) is 18.5 Å². The molecule has 0 radical (unpaired) electrons. The van der Waals surface area contributed by atoms with Crippen LogP contribution in [0.3, 0.4) is 0 Å². The molecule has 1 aromatic rings. The van der Waals surface area contributed by atoms with Crippen LogP contribution in [-0.4, -0.2) is 17.7 Å². The number of rotatable bonds is 2.